The van der Waals surface area contributed by atoms with Crippen LogP contribution in [-0.2, 0) is 16.0 Å². The smallest absolute Gasteiger partial charge is 0.412 e. The average molecular weight is 346 g/mol. The third-order valence-electron chi connectivity index (χ3n) is 3.82. The second-order valence-corrected chi connectivity index (χ2v) is 8.17. The van der Waals surface area contributed by atoms with Crippen LogP contribution in [0.4, 0.5) is 10.5 Å². The van der Waals surface area contributed by atoms with Gasteiger partial charge in [-0.1, -0.05) is 26.0 Å². The largest absolute Gasteiger partial charge is 0.444 e. The molecule has 1 N–H and O–H groups in total. The summed E-state index contributed by atoms with van der Waals surface area (Å²) in [7, 11) is 0. The quantitative estimate of drug-likeness (QED) is 0.839. The highest BCUT2D eigenvalue weighted by Gasteiger charge is 2.32. The van der Waals surface area contributed by atoms with E-state index >= 15 is 0 Å². The number of anilines is 1. The zero-order chi connectivity index (χ0) is 18.6. The van der Waals surface area contributed by atoms with Crippen LogP contribution >= 0.6 is 0 Å². The molecule has 0 saturated heterocycles. The molecule has 0 radical (unpaired) electrons. The highest BCUT2D eigenvalue weighted by molar-refractivity contribution is 5.85. The minimum Gasteiger partial charge on any atom is -0.444 e. The lowest BCUT2D eigenvalue weighted by Crippen LogP contribution is -2.37. The summed E-state index contributed by atoms with van der Waals surface area (Å²) in [5, 5.41) is 2.70. The van der Waals surface area contributed by atoms with E-state index in [0.29, 0.717) is 24.1 Å². The first-order valence-electron chi connectivity index (χ1n) is 9.02. The lowest BCUT2D eigenvalue weighted by atomic mass is 10.1. The predicted octanol–water partition coefficient (Wildman–Crippen LogP) is 4.22. The van der Waals surface area contributed by atoms with E-state index in [9.17, 15) is 9.59 Å². The molecular formula is C20H30N2O3. The molecule has 2 amide bonds. The Labute approximate surface area is 150 Å². The molecule has 25 heavy (non-hydrogen) atoms. The Bertz CT molecular complexity index is 598. The maximum atomic E-state index is 12.6. The van der Waals surface area contributed by atoms with E-state index in [-0.39, 0.29) is 5.91 Å². The number of hydrogen-bond acceptors (Lipinski definition) is 3. The maximum Gasteiger partial charge on any atom is 0.412 e. The van der Waals surface area contributed by atoms with Crippen LogP contribution in [0.5, 0.6) is 0 Å². The molecule has 1 aromatic rings. The van der Waals surface area contributed by atoms with Crippen molar-refractivity contribution in [3.8, 4) is 0 Å². The lowest BCUT2D eigenvalue weighted by molar-refractivity contribution is -0.131. The Morgan fingerprint density at radius 1 is 1.20 bits per heavy atom. The molecule has 0 bridgehead atoms. The highest BCUT2D eigenvalue weighted by atomic mass is 16.6. The van der Waals surface area contributed by atoms with Crippen molar-refractivity contribution in [2.45, 2.75) is 65.5 Å². The van der Waals surface area contributed by atoms with E-state index in [1.165, 1.54) is 0 Å². The first-order chi connectivity index (χ1) is 11.6. The van der Waals surface area contributed by atoms with Crippen molar-refractivity contribution >= 4 is 17.7 Å². The SMILES string of the molecule is CC(C)CN(C(=O)Cc1ccc(NC(=O)OC(C)(C)C)cc1)C1CC1. The molecule has 5 nitrogen and oxygen atoms in total. The minimum atomic E-state index is -0.529. The van der Waals surface area contributed by atoms with Gasteiger partial charge in [0.25, 0.3) is 0 Å². The number of carbonyl (C=O) groups excluding carboxylic acids is 2. The van der Waals surface area contributed by atoms with Crippen molar-refractivity contribution in [2.24, 2.45) is 5.92 Å². The van der Waals surface area contributed by atoms with Crippen LogP contribution in [0.2, 0.25) is 0 Å². The van der Waals surface area contributed by atoms with Crippen LogP contribution in [0.1, 0.15) is 53.0 Å². The third-order valence-corrected chi connectivity index (χ3v) is 3.82. The van der Waals surface area contributed by atoms with Gasteiger partial charge in [0.05, 0.1) is 6.42 Å². The summed E-state index contributed by atoms with van der Waals surface area (Å²) >= 11 is 0. The number of amides is 2. The molecule has 0 spiro atoms. The van der Waals surface area contributed by atoms with Gasteiger partial charge in [0, 0.05) is 18.3 Å². The molecule has 0 unspecified atom stereocenters. The molecule has 0 heterocycles. The van der Waals surface area contributed by atoms with Crippen LogP contribution in [0.3, 0.4) is 0 Å². The fourth-order valence-corrected chi connectivity index (χ4v) is 2.64. The molecule has 1 aromatic carbocycles. The molecule has 0 aliphatic heterocycles. The van der Waals surface area contributed by atoms with E-state index in [1.807, 2.05) is 37.8 Å². The Morgan fingerprint density at radius 3 is 2.28 bits per heavy atom. The van der Waals surface area contributed by atoms with Gasteiger partial charge in [0.1, 0.15) is 5.60 Å². The number of carbonyl (C=O) groups is 2. The van der Waals surface area contributed by atoms with Gasteiger partial charge in [-0.3, -0.25) is 10.1 Å². The molecule has 138 valence electrons. The fraction of sp³-hybridized carbons (Fsp3) is 0.600. The average Bonchev–Trinajstić information content (AvgIpc) is 3.29. The standard InChI is InChI=1S/C20H30N2O3/c1-14(2)13-22(17-10-11-17)18(23)12-15-6-8-16(9-7-15)21-19(24)25-20(3,4)5/h6-9,14,17H,10-13H2,1-5H3,(H,21,24). The normalized spacial score (nSPS) is 14.3. The van der Waals surface area contributed by atoms with Crippen molar-refractivity contribution in [1.82, 2.24) is 4.90 Å². The van der Waals surface area contributed by atoms with Gasteiger partial charge in [-0.05, 0) is 57.2 Å². The molecule has 2 rings (SSSR count). The summed E-state index contributed by atoms with van der Waals surface area (Å²) in [4.78, 5) is 26.4. The topological polar surface area (TPSA) is 58.6 Å². The van der Waals surface area contributed by atoms with Crippen LogP contribution in [0.25, 0.3) is 0 Å². The third kappa shape index (κ3) is 6.77. The predicted molar refractivity (Wildman–Crippen MR) is 99.6 cm³/mol. The summed E-state index contributed by atoms with van der Waals surface area (Å²) in [6.07, 6.45) is 2.16. The number of nitrogens with one attached hydrogen (secondary N) is 1. The lowest BCUT2D eigenvalue weighted by Gasteiger charge is -2.24. The number of ether oxygens (including phenoxy) is 1. The fourth-order valence-electron chi connectivity index (χ4n) is 2.64. The monoisotopic (exact) mass is 346 g/mol. The van der Waals surface area contributed by atoms with Crippen LogP contribution in [-0.4, -0.2) is 35.1 Å². The molecule has 0 aromatic heterocycles. The van der Waals surface area contributed by atoms with E-state index in [0.717, 1.165) is 24.9 Å². The van der Waals surface area contributed by atoms with Gasteiger partial charge in [-0.15, -0.1) is 0 Å². The first kappa shape index (κ1) is 19.3. The van der Waals surface area contributed by atoms with Crippen LogP contribution < -0.4 is 5.32 Å². The molecule has 1 fully saturated rings. The summed E-state index contributed by atoms with van der Waals surface area (Å²) < 4.78 is 5.23. The van der Waals surface area contributed by atoms with Gasteiger partial charge in [-0.2, -0.15) is 0 Å². The molecule has 1 aliphatic carbocycles. The van der Waals surface area contributed by atoms with Gasteiger partial charge < -0.3 is 9.64 Å². The molecule has 5 heteroatoms. The Kier molecular flexibility index (Phi) is 6.09. The van der Waals surface area contributed by atoms with Crippen LogP contribution in [0.15, 0.2) is 24.3 Å². The maximum absolute atomic E-state index is 12.6. The van der Waals surface area contributed by atoms with E-state index in [4.69, 9.17) is 4.74 Å². The highest BCUT2D eigenvalue weighted by Crippen LogP contribution is 2.28. The molecular weight excluding hydrogens is 316 g/mol. The Hall–Kier alpha value is -2.04. The van der Waals surface area contributed by atoms with Gasteiger partial charge in [0.15, 0.2) is 0 Å². The zero-order valence-electron chi connectivity index (χ0n) is 16.0. The molecule has 0 atom stereocenters. The van der Waals surface area contributed by atoms with Crippen LogP contribution in [0, 0.1) is 5.92 Å². The first-order valence-corrected chi connectivity index (χ1v) is 9.02. The second-order valence-electron chi connectivity index (χ2n) is 8.17. The summed E-state index contributed by atoms with van der Waals surface area (Å²) in [6.45, 7) is 10.6. The summed E-state index contributed by atoms with van der Waals surface area (Å²) in [5.74, 6) is 0.661. The van der Waals surface area contributed by atoms with E-state index < -0.39 is 11.7 Å². The van der Waals surface area contributed by atoms with Gasteiger partial charge in [-0.25, -0.2) is 4.79 Å². The van der Waals surface area contributed by atoms with Gasteiger partial charge >= 0.3 is 6.09 Å². The molecule has 1 aliphatic rings. The molecule has 1 saturated carbocycles. The Morgan fingerprint density at radius 2 is 1.80 bits per heavy atom. The van der Waals surface area contributed by atoms with E-state index in [2.05, 4.69) is 19.2 Å². The number of hydrogen-bond donors (Lipinski definition) is 1. The Balaban J connectivity index is 1.91. The van der Waals surface area contributed by atoms with Crippen molar-refractivity contribution in [2.75, 3.05) is 11.9 Å². The zero-order valence-corrected chi connectivity index (χ0v) is 16.0. The number of nitrogens with zero attached hydrogens (tertiary/aromatic N) is 1. The van der Waals surface area contributed by atoms with Crippen molar-refractivity contribution < 1.29 is 14.3 Å². The second kappa shape index (κ2) is 7.89. The summed E-state index contributed by atoms with van der Waals surface area (Å²) in [6, 6.07) is 7.80. The van der Waals surface area contributed by atoms with Crippen molar-refractivity contribution in [3.05, 3.63) is 29.8 Å². The van der Waals surface area contributed by atoms with Crippen molar-refractivity contribution in [1.29, 1.82) is 0 Å². The minimum absolute atomic E-state index is 0.184. The van der Waals surface area contributed by atoms with Crippen molar-refractivity contribution in [3.63, 3.8) is 0 Å². The summed E-state index contributed by atoms with van der Waals surface area (Å²) in [5.41, 5.74) is 1.08. The van der Waals surface area contributed by atoms with Gasteiger partial charge in [0.2, 0.25) is 5.91 Å². The number of benzene rings is 1. The van der Waals surface area contributed by atoms with E-state index in [1.54, 1.807) is 12.1 Å². The number of rotatable bonds is 6.